The van der Waals surface area contributed by atoms with Crippen molar-refractivity contribution in [1.82, 2.24) is 14.5 Å². The molecule has 0 unspecified atom stereocenters. The minimum absolute atomic E-state index is 0.173. The van der Waals surface area contributed by atoms with Gasteiger partial charge in [0.05, 0.1) is 5.39 Å². The smallest absolute Gasteiger partial charge is 0.390 e. The lowest BCUT2D eigenvalue weighted by molar-refractivity contribution is 0.209. The molecule has 0 saturated heterocycles. The third kappa shape index (κ3) is 1.99. The number of nitrogens with zero attached hydrogens (tertiary/aromatic N) is 4. The highest BCUT2D eigenvalue weighted by molar-refractivity contribution is 5.85. The molecule has 0 bridgehead atoms. The number of aromatic nitrogens is 3. The van der Waals surface area contributed by atoms with E-state index in [2.05, 4.69) is 9.97 Å². The van der Waals surface area contributed by atoms with E-state index < -0.39 is 6.09 Å². The molecule has 1 amide bonds. The zero-order valence-electron chi connectivity index (χ0n) is 9.84. The van der Waals surface area contributed by atoms with Crippen molar-refractivity contribution in [3.05, 3.63) is 12.3 Å². The molecule has 0 aliphatic carbocycles. The van der Waals surface area contributed by atoms with Crippen molar-refractivity contribution < 1.29 is 9.53 Å². The Morgan fingerprint density at radius 1 is 1.47 bits per heavy atom. The summed E-state index contributed by atoms with van der Waals surface area (Å²) in [5.41, 5.74) is 5.69. The molecule has 2 aromatic heterocycles. The second-order valence-electron chi connectivity index (χ2n) is 3.81. The summed E-state index contributed by atoms with van der Waals surface area (Å²) in [5.74, 6) is 0.627. The van der Waals surface area contributed by atoms with Crippen LogP contribution in [-0.4, -0.2) is 34.7 Å². The molecule has 0 atom stereocenters. The first-order valence-electron chi connectivity index (χ1n) is 4.96. The van der Waals surface area contributed by atoms with Crippen LogP contribution in [0, 0.1) is 0 Å². The fraction of sp³-hybridized carbons (Fsp3) is 0.300. The number of carbonyl (C=O) groups is 1. The Hall–Kier alpha value is -2.31. The van der Waals surface area contributed by atoms with Crippen LogP contribution in [0.3, 0.4) is 0 Å². The third-order valence-corrected chi connectivity index (χ3v) is 2.27. The number of nitrogens with two attached hydrogens (primary N) is 1. The van der Waals surface area contributed by atoms with Crippen molar-refractivity contribution in [1.29, 1.82) is 0 Å². The van der Waals surface area contributed by atoms with Crippen LogP contribution in [0.4, 0.5) is 10.7 Å². The summed E-state index contributed by atoms with van der Waals surface area (Å²) >= 11 is 0. The number of primary amides is 1. The molecule has 0 aromatic carbocycles. The Kier molecular flexibility index (Phi) is 2.58. The summed E-state index contributed by atoms with van der Waals surface area (Å²) < 4.78 is 6.70. The van der Waals surface area contributed by atoms with Crippen LogP contribution in [0.25, 0.3) is 11.0 Å². The SMILES string of the molecule is CN(C)c1nc(OC(N)=O)c2ccn(C)c2n1. The van der Waals surface area contributed by atoms with E-state index in [4.69, 9.17) is 10.5 Å². The summed E-state index contributed by atoms with van der Waals surface area (Å²) in [6, 6.07) is 1.77. The number of fused-ring (bicyclic) bond motifs is 1. The molecule has 0 radical (unpaired) electrons. The first-order chi connectivity index (χ1) is 7.99. The van der Waals surface area contributed by atoms with Crippen molar-refractivity contribution in [2.24, 2.45) is 12.8 Å². The standard InChI is InChI=1S/C10H13N5O2/c1-14(2)10-12-7-6(4-5-15(7)3)8(13-10)17-9(11)16/h4-5H,1-3H3,(H2,11,16). The number of carbonyl (C=O) groups excluding carboxylic acids is 1. The van der Waals surface area contributed by atoms with Gasteiger partial charge in [-0.15, -0.1) is 0 Å². The zero-order valence-corrected chi connectivity index (χ0v) is 9.84. The largest absolute Gasteiger partial charge is 0.411 e. The Balaban J connectivity index is 2.66. The topological polar surface area (TPSA) is 86.3 Å². The highest BCUT2D eigenvalue weighted by Crippen LogP contribution is 2.25. The van der Waals surface area contributed by atoms with E-state index in [-0.39, 0.29) is 5.88 Å². The summed E-state index contributed by atoms with van der Waals surface area (Å²) in [6.45, 7) is 0. The van der Waals surface area contributed by atoms with Crippen molar-refractivity contribution in [3.63, 3.8) is 0 Å². The lowest BCUT2D eigenvalue weighted by Gasteiger charge is -2.11. The molecule has 0 fully saturated rings. The Morgan fingerprint density at radius 2 is 2.18 bits per heavy atom. The predicted molar refractivity (Wildman–Crippen MR) is 63.0 cm³/mol. The molecule has 2 heterocycles. The molecule has 0 spiro atoms. The Labute approximate surface area is 97.8 Å². The molecule has 2 N–H and O–H groups in total. The van der Waals surface area contributed by atoms with Gasteiger partial charge in [-0.05, 0) is 6.07 Å². The molecule has 90 valence electrons. The maximum absolute atomic E-state index is 10.8. The molecule has 0 aliphatic heterocycles. The predicted octanol–water partition coefficient (Wildman–Crippen LogP) is 0.492. The van der Waals surface area contributed by atoms with Crippen LogP contribution in [0.15, 0.2) is 12.3 Å². The van der Waals surface area contributed by atoms with Gasteiger partial charge in [0, 0.05) is 27.3 Å². The van der Waals surface area contributed by atoms with Crippen LogP contribution in [0.1, 0.15) is 0 Å². The van der Waals surface area contributed by atoms with E-state index >= 15 is 0 Å². The van der Waals surface area contributed by atoms with Gasteiger partial charge in [0.1, 0.15) is 5.65 Å². The minimum Gasteiger partial charge on any atom is -0.390 e. The Morgan fingerprint density at radius 3 is 2.76 bits per heavy atom. The molecule has 7 nitrogen and oxygen atoms in total. The minimum atomic E-state index is -0.890. The number of hydrogen-bond donors (Lipinski definition) is 1. The van der Waals surface area contributed by atoms with Gasteiger partial charge < -0.3 is 19.9 Å². The second-order valence-corrected chi connectivity index (χ2v) is 3.81. The summed E-state index contributed by atoms with van der Waals surface area (Å²) in [7, 11) is 5.46. The van der Waals surface area contributed by atoms with Crippen molar-refractivity contribution in [3.8, 4) is 5.88 Å². The summed E-state index contributed by atoms with van der Waals surface area (Å²) in [5, 5.41) is 0.650. The number of anilines is 1. The summed E-state index contributed by atoms with van der Waals surface area (Å²) in [6.07, 6.45) is 0.922. The second kappa shape index (κ2) is 3.93. The van der Waals surface area contributed by atoms with Gasteiger partial charge in [-0.25, -0.2) is 4.79 Å². The van der Waals surface area contributed by atoms with Crippen LogP contribution in [0.5, 0.6) is 5.88 Å². The quantitative estimate of drug-likeness (QED) is 0.818. The van der Waals surface area contributed by atoms with E-state index in [1.807, 2.05) is 17.8 Å². The van der Waals surface area contributed by atoms with Crippen LogP contribution in [0.2, 0.25) is 0 Å². The molecular formula is C10H13N5O2. The number of ether oxygens (including phenoxy) is 1. The molecule has 2 aromatic rings. The van der Waals surface area contributed by atoms with Crippen molar-refractivity contribution in [2.45, 2.75) is 0 Å². The molecule has 17 heavy (non-hydrogen) atoms. The molecular weight excluding hydrogens is 222 g/mol. The van der Waals surface area contributed by atoms with Gasteiger partial charge in [0.25, 0.3) is 0 Å². The van der Waals surface area contributed by atoms with E-state index in [9.17, 15) is 4.79 Å². The Bertz CT molecular complexity index is 575. The molecule has 2 rings (SSSR count). The first kappa shape index (κ1) is 11.2. The van der Waals surface area contributed by atoms with E-state index in [1.165, 1.54) is 0 Å². The monoisotopic (exact) mass is 235 g/mol. The van der Waals surface area contributed by atoms with Gasteiger partial charge in [-0.3, -0.25) is 0 Å². The normalized spacial score (nSPS) is 10.5. The van der Waals surface area contributed by atoms with E-state index in [0.29, 0.717) is 17.0 Å². The van der Waals surface area contributed by atoms with Gasteiger partial charge in [-0.2, -0.15) is 9.97 Å². The van der Waals surface area contributed by atoms with E-state index in [0.717, 1.165) is 0 Å². The number of aryl methyl sites for hydroxylation is 1. The number of rotatable bonds is 2. The first-order valence-corrected chi connectivity index (χ1v) is 4.96. The molecule has 7 heteroatoms. The number of hydrogen-bond acceptors (Lipinski definition) is 5. The third-order valence-electron chi connectivity index (χ3n) is 2.27. The van der Waals surface area contributed by atoms with Crippen molar-refractivity contribution in [2.75, 3.05) is 19.0 Å². The van der Waals surface area contributed by atoms with Crippen molar-refractivity contribution >= 4 is 23.1 Å². The van der Waals surface area contributed by atoms with Gasteiger partial charge in [-0.1, -0.05) is 0 Å². The summed E-state index contributed by atoms with van der Waals surface area (Å²) in [4.78, 5) is 21.0. The van der Waals surface area contributed by atoms with E-state index in [1.54, 1.807) is 25.1 Å². The molecule has 0 saturated carbocycles. The molecule has 0 aliphatic rings. The van der Waals surface area contributed by atoms with Crippen LogP contribution in [-0.2, 0) is 7.05 Å². The fourth-order valence-corrected chi connectivity index (χ4v) is 1.47. The van der Waals surface area contributed by atoms with Crippen LogP contribution < -0.4 is 15.4 Å². The van der Waals surface area contributed by atoms with Gasteiger partial charge in [0.2, 0.25) is 11.8 Å². The lowest BCUT2D eigenvalue weighted by Crippen LogP contribution is -2.19. The van der Waals surface area contributed by atoms with Crippen LogP contribution >= 0.6 is 0 Å². The average molecular weight is 235 g/mol. The maximum Gasteiger partial charge on any atom is 0.411 e. The highest BCUT2D eigenvalue weighted by Gasteiger charge is 2.14. The average Bonchev–Trinajstić information content (AvgIpc) is 2.60. The highest BCUT2D eigenvalue weighted by atomic mass is 16.6. The zero-order chi connectivity index (χ0) is 12.6. The number of amides is 1. The lowest BCUT2D eigenvalue weighted by atomic mass is 10.4. The van der Waals surface area contributed by atoms with Gasteiger partial charge >= 0.3 is 6.09 Å². The van der Waals surface area contributed by atoms with Gasteiger partial charge in [0.15, 0.2) is 0 Å². The fourth-order valence-electron chi connectivity index (χ4n) is 1.47. The maximum atomic E-state index is 10.8.